The fraction of sp³-hybridized carbons (Fsp3) is 0.720. The number of rotatable bonds is 5. The van der Waals surface area contributed by atoms with Gasteiger partial charge in [0.1, 0.15) is 5.60 Å². The lowest BCUT2D eigenvalue weighted by molar-refractivity contribution is -0.121. The highest BCUT2D eigenvalue weighted by atomic mass is 35.5. The van der Waals surface area contributed by atoms with E-state index in [4.69, 9.17) is 16.3 Å². The van der Waals surface area contributed by atoms with E-state index in [2.05, 4.69) is 4.98 Å². The third-order valence-electron chi connectivity index (χ3n) is 6.62. The second-order valence-electron chi connectivity index (χ2n) is 11.2. The fourth-order valence-electron chi connectivity index (χ4n) is 4.65. The lowest BCUT2D eigenvalue weighted by Crippen LogP contribution is -2.61. The van der Waals surface area contributed by atoms with Gasteiger partial charge in [0.2, 0.25) is 5.91 Å². The Kier molecular flexibility index (Phi) is 7.73. The van der Waals surface area contributed by atoms with Crippen LogP contribution in [-0.2, 0) is 20.9 Å². The predicted octanol–water partition coefficient (Wildman–Crippen LogP) is 4.76. The molecule has 0 N–H and O–H groups in total. The summed E-state index contributed by atoms with van der Waals surface area (Å²) >= 11 is 6.24. The van der Waals surface area contributed by atoms with Crippen LogP contribution in [-0.4, -0.2) is 76.5 Å². The highest BCUT2D eigenvalue weighted by Gasteiger charge is 2.43. The summed E-state index contributed by atoms with van der Waals surface area (Å²) in [6.07, 6.45) is 0.470. The minimum atomic E-state index is -3.01. The number of amides is 2. The van der Waals surface area contributed by atoms with Crippen molar-refractivity contribution in [1.82, 2.24) is 14.8 Å². The van der Waals surface area contributed by atoms with E-state index in [1.165, 1.54) is 19.2 Å². The zero-order valence-corrected chi connectivity index (χ0v) is 22.5. The Morgan fingerprint density at radius 1 is 1.26 bits per heavy atom. The van der Waals surface area contributed by atoms with Gasteiger partial charge < -0.3 is 14.5 Å². The number of hydrogen-bond donors (Lipinski definition) is 0. The van der Waals surface area contributed by atoms with Crippen molar-refractivity contribution in [2.75, 3.05) is 37.0 Å². The van der Waals surface area contributed by atoms with Gasteiger partial charge in [-0.3, -0.25) is 14.7 Å². The van der Waals surface area contributed by atoms with Crippen LogP contribution < -0.4 is 4.90 Å². The number of alkyl halides is 3. The number of piperazine rings is 1. The summed E-state index contributed by atoms with van der Waals surface area (Å²) in [5, 5.41) is 0. The molecule has 196 valence electrons. The van der Waals surface area contributed by atoms with Gasteiger partial charge in [0.05, 0.1) is 17.9 Å². The maximum atomic E-state index is 14.4. The molecule has 2 aliphatic heterocycles. The van der Waals surface area contributed by atoms with E-state index in [1.807, 2.05) is 46.4 Å². The van der Waals surface area contributed by atoms with E-state index in [-0.39, 0.29) is 42.4 Å². The van der Waals surface area contributed by atoms with Gasteiger partial charge in [-0.25, -0.2) is 13.6 Å². The molecule has 1 aromatic heterocycles. The first kappa shape index (κ1) is 27.6. The molecule has 2 amide bonds. The zero-order valence-electron chi connectivity index (χ0n) is 21.7. The van der Waals surface area contributed by atoms with Gasteiger partial charge in [-0.2, -0.15) is 0 Å². The minimum Gasteiger partial charge on any atom is -0.444 e. The van der Waals surface area contributed by atoms with Gasteiger partial charge in [-0.15, -0.1) is 11.6 Å². The number of fused-ring (bicyclic) bond motifs is 1. The Morgan fingerprint density at radius 2 is 1.91 bits per heavy atom. The molecule has 7 nitrogen and oxygen atoms in total. The molecule has 0 radical (unpaired) electrons. The summed E-state index contributed by atoms with van der Waals surface area (Å²) in [6, 6.07) is 0.977. The summed E-state index contributed by atoms with van der Waals surface area (Å²) in [5.41, 5.74) is -0.184. The van der Waals surface area contributed by atoms with Crippen molar-refractivity contribution in [2.45, 2.75) is 83.9 Å². The lowest BCUT2D eigenvalue weighted by Gasteiger charge is -2.44. The highest BCUT2D eigenvalue weighted by molar-refractivity contribution is 6.18. The smallest absolute Gasteiger partial charge is 0.410 e. The van der Waals surface area contributed by atoms with Crippen molar-refractivity contribution < 1.29 is 23.1 Å². The Balaban J connectivity index is 1.79. The largest absolute Gasteiger partial charge is 0.444 e. The van der Waals surface area contributed by atoms with Gasteiger partial charge in [-0.1, -0.05) is 20.8 Å². The number of pyridine rings is 1. The van der Waals surface area contributed by atoms with Crippen LogP contribution in [0.25, 0.3) is 0 Å². The van der Waals surface area contributed by atoms with Crippen LogP contribution in [0.1, 0.15) is 66.1 Å². The lowest BCUT2D eigenvalue weighted by atomic mass is 9.91. The number of halogens is 3. The van der Waals surface area contributed by atoms with Crippen molar-refractivity contribution in [2.24, 2.45) is 0 Å². The summed E-state index contributed by atoms with van der Waals surface area (Å²) in [6.45, 7) is 13.9. The molecule has 2 aliphatic rings. The van der Waals surface area contributed by atoms with E-state index in [1.54, 1.807) is 9.80 Å². The van der Waals surface area contributed by atoms with Crippen molar-refractivity contribution >= 4 is 29.3 Å². The molecule has 0 aromatic carbocycles. The number of aromatic nitrogens is 1. The van der Waals surface area contributed by atoms with Crippen LogP contribution >= 0.6 is 11.6 Å². The van der Waals surface area contributed by atoms with Gasteiger partial charge in [0, 0.05) is 61.2 Å². The molecular formula is C25H37ClF2N4O3. The van der Waals surface area contributed by atoms with Crippen LogP contribution in [0.15, 0.2) is 12.3 Å². The molecule has 35 heavy (non-hydrogen) atoms. The molecule has 2 unspecified atom stereocenters. The highest BCUT2D eigenvalue weighted by Crippen LogP contribution is 2.42. The van der Waals surface area contributed by atoms with E-state index in [0.717, 1.165) is 0 Å². The molecule has 2 atom stereocenters. The maximum Gasteiger partial charge on any atom is 0.410 e. The SMILES string of the molecule is CCC(F)(F)c1cnc2c(c1)N(C(=O)CN1CC(C)N(C(=O)OC(C)(C)C)CC1CCl)CC2(C)C. The molecule has 10 heteroatoms. The molecule has 0 saturated carbocycles. The van der Waals surface area contributed by atoms with E-state index in [0.29, 0.717) is 31.0 Å². The maximum absolute atomic E-state index is 14.4. The van der Waals surface area contributed by atoms with Crippen molar-refractivity contribution in [3.05, 3.63) is 23.5 Å². The standard InChI is InChI=1S/C25H37ClF2N4O3/c1-8-25(27,28)17-9-19-21(29-11-17)24(6,7)15-32(19)20(33)14-30-12-16(2)31(13-18(30)10-26)22(34)35-23(3,4)5/h9,11,16,18H,8,10,12-15H2,1-7H3. The van der Waals surface area contributed by atoms with E-state index in [9.17, 15) is 18.4 Å². The predicted molar refractivity (Wildman–Crippen MR) is 132 cm³/mol. The quantitative estimate of drug-likeness (QED) is 0.530. The summed E-state index contributed by atoms with van der Waals surface area (Å²) < 4.78 is 34.3. The molecule has 1 saturated heterocycles. The summed E-state index contributed by atoms with van der Waals surface area (Å²) in [5.74, 6) is -2.99. The number of ether oxygens (including phenoxy) is 1. The number of carbonyl (C=O) groups excluding carboxylic acids is 2. The molecule has 0 aliphatic carbocycles. The third-order valence-corrected chi connectivity index (χ3v) is 6.98. The minimum absolute atomic E-state index is 0.0633. The Bertz CT molecular complexity index is 967. The van der Waals surface area contributed by atoms with Crippen molar-refractivity contribution in [3.8, 4) is 0 Å². The molecule has 1 fully saturated rings. The van der Waals surface area contributed by atoms with Crippen LogP contribution in [0.5, 0.6) is 0 Å². The van der Waals surface area contributed by atoms with Crippen LogP contribution in [0, 0.1) is 0 Å². The van der Waals surface area contributed by atoms with Crippen LogP contribution in [0.4, 0.5) is 19.3 Å². The topological polar surface area (TPSA) is 66.0 Å². The molecule has 1 aromatic rings. The molecule has 0 spiro atoms. The van der Waals surface area contributed by atoms with Gasteiger partial charge in [-0.05, 0) is 33.8 Å². The van der Waals surface area contributed by atoms with Crippen molar-refractivity contribution in [1.29, 1.82) is 0 Å². The van der Waals surface area contributed by atoms with Gasteiger partial charge in [0.25, 0.3) is 5.92 Å². The van der Waals surface area contributed by atoms with Crippen LogP contribution in [0.2, 0.25) is 0 Å². The van der Waals surface area contributed by atoms with E-state index < -0.39 is 23.0 Å². The molecular weight excluding hydrogens is 478 g/mol. The normalized spacial score (nSPS) is 22.8. The van der Waals surface area contributed by atoms with Crippen LogP contribution in [0.3, 0.4) is 0 Å². The second kappa shape index (κ2) is 9.81. The van der Waals surface area contributed by atoms with Gasteiger partial charge >= 0.3 is 6.09 Å². The Morgan fingerprint density at radius 3 is 2.49 bits per heavy atom. The molecule has 3 rings (SSSR count). The first-order chi connectivity index (χ1) is 16.1. The third kappa shape index (κ3) is 5.88. The average Bonchev–Trinajstić information content (AvgIpc) is 3.03. The first-order valence-electron chi connectivity index (χ1n) is 12.1. The molecule has 3 heterocycles. The summed E-state index contributed by atoms with van der Waals surface area (Å²) in [7, 11) is 0. The Labute approximate surface area is 211 Å². The number of carbonyl (C=O) groups is 2. The number of nitrogens with zero attached hydrogens (tertiary/aromatic N) is 4. The van der Waals surface area contributed by atoms with Gasteiger partial charge in [0.15, 0.2) is 0 Å². The zero-order chi connectivity index (χ0) is 26.3. The van der Waals surface area contributed by atoms with E-state index >= 15 is 0 Å². The van der Waals surface area contributed by atoms with Crippen molar-refractivity contribution in [3.63, 3.8) is 0 Å². The monoisotopic (exact) mass is 514 g/mol. The second-order valence-corrected chi connectivity index (χ2v) is 11.5. The first-order valence-corrected chi connectivity index (χ1v) is 12.6. The summed E-state index contributed by atoms with van der Waals surface area (Å²) in [4.78, 5) is 35.7. The number of anilines is 1. The molecule has 0 bridgehead atoms. The average molecular weight is 515 g/mol. The number of hydrogen-bond acceptors (Lipinski definition) is 5. The fourth-order valence-corrected chi connectivity index (χ4v) is 4.94. The Hall–Kier alpha value is -2.00.